The molecule has 0 aliphatic rings. The molecule has 1 aromatic heterocycles. The average Bonchev–Trinajstić information content (AvgIpc) is 3.16. The van der Waals surface area contributed by atoms with Gasteiger partial charge in [-0.2, -0.15) is 0 Å². The summed E-state index contributed by atoms with van der Waals surface area (Å²) in [6.07, 6.45) is 0.859. The Balaban J connectivity index is 1.73. The number of ether oxygens (including phenoxy) is 1. The van der Waals surface area contributed by atoms with Crippen LogP contribution in [0, 0.1) is 5.82 Å². The Bertz CT molecular complexity index is 912. The Morgan fingerprint density at radius 3 is 2.70 bits per heavy atom. The third-order valence-electron chi connectivity index (χ3n) is 3.98. The van der Waals surface area contributed by atoms with Crippen LogP contribution in [0.5, 0.6) is 5.75 Å². The number of thiazole rings is 1. The van der Waals surface area contributed by atoms with Gasteiger partial charge in [-0.05, 0) is 24.1 Å². The van der Waals surface area contributed by atoms with Crippen LogP contribution in [0.1, 0.15) is 29.4 Å². The Labute approximate surface area is 162 Å². The van der Waals surface area contributed by atoms with E-state index in [0.717, 1.165) is 12.0 Å². The van der Waals surface area contributed by atoms with Crippen molar-refractivity contribution in [1.82, 2.24) is 9.88 Å². The molecule has 4 nitrogen and oxygen atoms in total. The zero-order valence-corrected chi connectivity index (χ0v) is 16.1. The van der Waals surface area contributed by atoms with Crippen molar-refractivity contribution in [2.24, 2.45) is 0 Å². The lowest BCUT2D eigenvalue weighted by molar-refractivity contribution is 0.0780. The van der Waals surface area contributed by atoms with E-state index in [4.69, 9.17) is 4.74 Å². The van der Waals surface area contributed by atoms with Gasteiger partial charge in [-0.25, -0.2) is 9.37 Å². The van der Waals surface area contributed by atoms with Crippen LogP contribution in [0.3, 0.4) is 0 Å². The first-order valence-electron chi connectivity index (χ1n) is 8.76. The van der Waals surface area contributed by atoms with Gasteiger partial charge in [-0.15, -0.1) is 11.3 Å². The number of rotatable bonds is 7. The molecule has 0 saturated heterocycles. The molecule has 1 amide bonds. The molecule has 0 radical (unpaired) electrons. The molecule has 0 aliphatic carbocycles. The van der Waals surface area contributed by atoms with Gasteiger partial charge in [0.1, 0.15) is 22.3 Å². The van der Waals surface area contributed by atoms with Crippen LogP contribution in [0.15, 0.2) is 53.9 Å². The molecule has 3 aromatic rings. The van der Waals surface area contributed by atoms with Crippen LogP contribution in [0.2, 0.25) is 0 Å². The number of nitrogens with zero attached hydrogens (tertiary/aromatic N) is 2. The van der Waals surface area contributed by atoms with Gasteiger partial charge < -0.3 is 9.64 Å². The fourth-order valence-corrected chi connectivity index (χ4v) is 3.42. The number of hydrogen-bond donors (Lipinski definition) is 0. The quantitative estimate of drug-likeness (QED) is 0.575. The summed E-state index contributed by atoms with van der Waals surface area (Å²) >= 11 is 1.25. The summed E-state index contributed by atoms with van der Waals surface area (Å²) in [6.45, 7) is 3.03. The van der Waals surface area contributed by atoms with Gasteiger partial charge in [0.15, 0.2) is 0 Å². The summed E-state index contributed by atoms with van der Waals surface area (Å²) in [5.74, 6) is -0.104. The van der Waals surface area contributed by atoms with Crippen LogP contribution in [-0.2, 0) is 6.54 Å². The Kier molecular flexibility index (Phi) is 6.19. The Morgan fingerprint density at radius 1 is 1.22 bits per heavy atom. The summed E-state index contributed by atoms with van der Waals surface area (Å²) in [7, 11) is 1.73. The summed E-state index contributed by atoms with van der Waals surface area (Å²) < 4.78 is 19.9. The van der Waals surface area contributed by atoms with E-state index in [1.165, 1.54) is 17.4 Å². The number of carbonyl (C=O) groups is 1. The van der Waals surface area contributed by atoms with Gasteiger partial charge in [0.2, 0.25) is 0 Å². The average molecular weight is 384 g/mol. The summed E-state index contributed by atoms with van der Waals surface area (Å²) in [4.78, 5) is 18.6. The van der Waals surface area contributed by atoms with Crippen molar-refractivity contribution in [3.05, 3.63) is 71.0 Å². The van der Waals surface area contributed by atoms with E-state index in [1.54, 1.807) is 29.5 Å². The van der Waals surface area contributed by atoms with Gasteiger partial charge >= 0.3 is 0 Å². The molecular weight excluding hydrogens is 363 g/mol. The minimum absolute atomic E-state index is 0.190. The normalized spacial score (nSPS) is 10.6. The van der Waals surface area contributed by atoms with E-state index in [-0.39, 0.29) is 5.91 Å². The fraction of sp³-hybridized carbons (Fsp3) is 0.238. The Hall–Kier alpha value is -2.73. The smallest absolute Gasteiger partial charge is 0.273 e. The number of halogens is 1. The van der Waals surface area contributed by atoms with Crippen molar-refractivity contribution in [2.75, 3.05) is 13.7 Å². The van der Waals surface area contributed by atoms with E-state index in [1.807, 2.05) is 37.3 Å². The summed E-state index contributed by atoms with van der Waals surface area (Å²) in [5, 5.41) is 2.14. The second kappa shape index (κ2) is 8.77. The van der Waals surface area contributed by atoms with Gasteiger partial charge in [0.05, 0.1) is 6.61 Å². The lowest BCUT2D eigenvalue weighted by Gasteiger charge is -2.15. The second-order valence-electron chi connectivity index (χ2n) is 6.17. The summed E-state index contributed by atoms with van der Waals surface area (Å²) in [5.41, 5.74) is 1.73. The SMILES string of the molecule is CCCOc1ccc(-c2nc(C(=O)N(C)Cc3ccccc3)cs2)c(F)c1. The van der Waals surface area contributed by atoms with E-state index < -0.39 is 5.82 Å². The highest BCUT2D eigenvalue weighted by atomic mass is 32.1. The molecule has 27 heavy (non-hydrogen) atoms. The Morgan fingerprint density at radius 2 is 2.00 bits per heavy atom. The molecule has 0 unspecified atom stereocenters. The van der Waals surface area contributed by atoms with E-state index >= 15 is 0 Å². The van der Waals surface area contributed by atoms with Crippen molar-refractivity contribution in [1.29, 1.82) is 0 Å². The summed E-state index contributed by atoms with van der Waals surface area (Å²) in [6, 6.07) is 14.5. The van der Waals surface area contributed by atoms with Gasteiger partial charge in [-0.3, -0.25) is 4.79 Å². The van der Waals surface area contributed by atoms with Crippen molar-refractivity contribution < 1.29 is 13.9 Å². The highest BCUT2D eigenvalue weighted by Crippen LogP contribution is 2.29. The first-order chi connectivity index (χ1) is 13.1. The second-order valence-corrected chi connectivity index (χ2v) is 7.03. The minimum Gasteiger partial charge on any atom is -0.494 e. The molecule has 0 atom stereocenters. The van der Waals surface area contributed by atoms with Crippen molar-refractivity contribution in [2.45, 2.75) is 19.9 Å². The molecule has 1 heterocycles. The molecule has 0 aliphatic heterocycles. The van der Waals surface area contributed by atoms with Crippen LogP contribution in [0.25, 0.3) is 10.6 Å². The lowest BCUT2D eigenvalue weighted by atomic mass is 10.2. The van der Waals surface area contributed by atoms with Gasteiger partial charge in [0, 0.05) is 30.6 Å². The molecule has 0 N–H and O–H groups in total. The van der Waals surface area contributed by atoms with Crippen molar-refractivity contribution in [3.63, 3.8) is 0 Å². The molecule has 0 saturated carbocycles. The molecule has 6 heteroatoms. The zero-order chi connectivity index (χ0) is 19.2. The van der Waals surface area contributed by atoms with Gasteiger partial charge in [-0.1, -0.05) is 37.3 Å². The van der Waals surface area contributed by atoms with Crippen molar-refractivity contribution >= 4 is 17.2 Å². The van der Waals surface area contributed by atoms with Gasteiger partial charge in [0.25, 0.3) is 5.91 Å². The molecule has 3 rings (SSSR count). The fourth-order valence-electron chi connectivity index (χ4n) is 2.60. The van der Waals surface area contributed by atoms with Crippen LogP contribution in [-0.4, -0.2) is 29.4 Å². The monoisotopic (exact) mass is 384 g/mol. The third kappa shape index (κ3) is 4.71. The highest BCUT2D eigenvalue weighted by molar-refractivity contribution is 7.13. The topological polar surface area (TPSA) is 42.4 Å². The van der Waals surface area contributed by atoms with Crippen LogP contribution < -0.4 is 4.74 Å². The number of hydrogen-bond acceptors (Lipinski definition) is 4. The maximum atomic E-state index is 14.4. The zero-order valence-electron chi connectivity index (χ0n) is 15.3. The first-order valence-corrected chi connectivity index (χ1v) is 9.64. The van der Waals surface area contributed by atoms with Crippen LogP contribution >= 0.6 is 11.3 Å². The minimum atomic E-state index is -0.408. The predicted octanol–water partition coefficient (Wildman–Crippen LogP) is 5.01. The molecule has 0 spiro atoms. The van der Waals surface area contributed by atoms with Crippen molar-refractivity contribution in [3.8, 4) is 16.3 Å². The molecule has 0 bridgehead atoms. The number of amides is 1. The van der Waals surface area contributed by atoms with E-state index in [2.05, 4.69) is 4.98 Å². The van der Waals surface area contributed by atoms with Crippen LogP contribution in [0.4, 0.5) is 4.39 Å². The maximum absolute atomic E-state index is 14.4. The van der Waals surface area contributed by atoms with E-state index in [9.17, 15) is 9.18 Å². The molecule has 0 fully saturated rings. The lowest BCUT2D eigenvalue weighted by Crippen LogP contribution is -2.26. The predicted molar refractivity (Wildman–Crippen MR) is 106 cm³/mol. The largest absolute Gasteiger partial charge is 0.494 e. The number of benzene rings is 2. The molecule has 140 valence electrons. The maximum Gasteiger partial charge on any atom is 0.273 e. The van der Waals surface area contributed by atoms with E-state index in [0.29, 0.717) is 35.2 Å². The molecule has 2 aromatic carbocycles. The third-order valence-corrected chi connectivity index (χ3v) is 4.85. The number of aromatic nitrogens is 1. The molecular formula is C21H21FN2O2S. The first kappa shape index (κ1) is 19.0. The standard InChI is InChI=1S/C21H21FN2O2S/c1-3-11-26-16-9-10-17(18(22)12-16)20-23-19(14-27-20)21(25)24(2)13-15-7-5-4-6-8-15/h4-10,12,14H,3,11,13H2,1-2H3. The highest BCUT2D eigenvalue weighted by Gasteiger charge is 2.18. The number of carbonyl (C=O) groups excluding carboxylic acids is 1.